The Morgan fingerprint density at radius 1 is 1.15 bits per heavy atom. The summed E-state index contributed by atoms with van der Waals surface area (Å²) in [5.74, 6) is 0.516. The summed E-state index contributed by atoms with van der Waals surface area (Å²) in [6.07, 6.45) is 4.80. The molecule has 0 heterocycles. The van der Waals surface area contributed by atoms with Gasteiger partial charge in [-0.15, -0.1) is 0 Å². The monoisotopic (exact) mass is 188 g/mol. The summed E-state index contributed by atoms with van der Waals surface area (Å²) in [5, 5.41) is 8.93. The van der Waals surface area contributed by atoms with Gasteiger partial charge in [0.05, 0.1) is 19.3 Å². The molecule has 0 aliphatic heterocycles. The fraction of sp³-hybridized carbons (Fsp3) is 1.00. The first kappa shape index (κ1) is 11.0. The summed E-state index contributed by atoms with van der Waals surface area (Å²) in [6, 6.07) is 0. The van der Waals surface area contributed by atoms with Crippen LogP contribution in [0.3, 0.4) is 0 Å². The number of aliphatic hydroxyl groups excluding tert-OH is 1. The molecule has 0 radical (unpaired) electrons. The Hall–Kier alpha value is -0.120. The Labute approximate surface area is 80.0 Å². The second-order valence-corrected chi connectivity index (χ2v) is 3.69. The molecule has 0 bridgehead atoms. The molecule has 0 aromatic carbocycles. The molecular weight excluding hydrogens is 168 g/mol. The zero-order valence-corrected chi connectivity index (χ0v) is 8.37. The van der Waals surface area contributed by atoms with Gasteiger partial charge in [0.2, 0.25) is 0 Å². The van der Waals surface area contributed by atoms with E-state index in [2.05, 4.69) is 0 Å². The maximum atomic E-state index is 8.93. The molecule has 3 heteroatoms. The topological polar surface area (TPSA) is 38.7 Å². The summed E-state index contributed by atoms with van der Waals surface area (Å²) in [4.78, 5) is 0. The molecule has 0 unspecified atom stereocenters. The van der Waals surface area contributed by atoms with Crippen LogP contribution >= 0.6 is 0 Å². The van der Waals surface area contributed by atoms with Crippen molar-refractivity contribution in [1.29, 1.82) is 0 Å². The Balaban J connectivity index is 2.03. The van der Waals surface area contributed by atoms with Gasteiger partial charge in [-0.25, -0.2) is 0 Å². The van der Waals surface area contributed by atoms with Crippen molar-refractivity contribution in [1.82, 2.24) is 0 Å². The largest absolute Gasteiger partial charge is 0.396 e. The fourth-order valence-electron chi connectivity index (χ4n) is 1.78. The van der Waals surface area contributed by atoms with Crippen molar-refractivity contribution >= 4 is 0 Å². The Bertz CT molecular complexity index is 117. The zero-order valence-electron chi connectivity index (χ0n) is 8.37. The molecule has 0 saturated heterocycles. The van der Waals surface area contributed by atoms with Crippen molar-refractivity contribution in [2.24, 2.45) is 5.92 Å². The summed E-state index contributed by atoms with van der Waals surface area (Å²) in [5.41, 5.74) is 0. The van der Waals surface area contributed by atoms with Crippen LogP contribution in [0.5, 0.6) is 0 Å². The zero-order chi connectivity index (χ0) is 9.52. The van der Waals surface area contributed by atoms with Crippen LogP contribution in [0.25, 0.3) is 0 Å². The Kier molecular flexibility index (Phi) is 5.35. The van der Waals surface area contributed by atoms with Gasteiger partial charge in [-0.3, -0.25) is 0 Å². The quantitative estimate of drug-likeness (QED) is 0.659. The van der Waals surface area contributed by atoms with Crippen LogP contribution in [0.15, 0.2) is 0 Å². The van der Waals surface area contributed by atoms with Crippen molar-refractivity contribution in [2.45, 2.75) is 31.8 Å². The van der Waals surface area contributed by atoms with Gasteiger partial charge in [0.15, 0.2) is 0 Å². The number of ether oxygens (including phenoxy) is 2. The molecule has 0 amide bonds. The van der Waals surface area contributed by atoms with Crippen molar-refractivity contribution in [2.75, 3.05) is 26.9 Å². The fourth-order valence-corrected chi connectivity index (χ4v) is 1.78. The Morgan fingerprint density at radius 3 is 2.38 bits per heavy atom. The molecule has 0 spiro atoms. The highest BCUT2D eigenvalue weighted by molar-refractivity contribution is 4.71. The van der Waals surface area contributed by atoms with E-state index in [1.165, 1.54) is 0 Å². The van der Waals surface area contributed by atoms with E-state index < -0.39 is 0 Å². The molecule has 0 aromatic heterocycles. The number of methoxy groups -OCH3 is 1. The van der Waals surface area contributed by atoms with E-state index in [9.17, 15) is 0 Å². The molecule has 1 rings (SSSR count). The van der Waals surface area contributed by atoms with E-state index >= 15 is 0 Å². The minimum absolute atomic E-state index is 0.338. The Morgan fingerprint density at radius 2 is 1.85 bits per heavy atom. The normalized spacial score (nSPS) is 29.1. The number of rotatable bonds is 5. The van der Waals surface area contributed by atoms with Gasteiger partial charge >= 0.3 is 0 Å². The molecular formula is C10H20O3. The lowest BCUT2D eigenvalue weighted by Gasteiger charge is -2.27. The van der Waals surface area contributed by atoms with Gasteiger partial charge in [0, 0.05) is 13.7 Å². The van der Waals surface area contributed by atoms with Crippen molar-refractivity contribution in [3.05, 3.63) is 0 Å². The van der Waals surface area contributed by atoms with E-state index in [1.54, 1.807) is 7.11 Å². The van der Waals surface area contributed by atoms with Crippen molar-refractivity contribution in [3.63, 3.8) is 0 Å². The first-order valence-electron chi connectivity index (χ1n) is 5.08. The summed E-state index contributed by atoms with van der Waals surface area (Å²) >= 11 is 0. The van der Waals surface area contributed by atoms with Gasteiger partial charge in [0.1, 0.15) is 0 Å². The third kappa shape index (κ3) is 4.07. The lowest BCUT2D eigenvalue weighted by Crippen LogP contribution is -2.24. The first-order valence-corrected chi connectivity index (χ1v) is 5.08. The van der Waals surface area contributed by atoms with Crippen LogP contribution in [0.2, 0.25) is 0 Å². The minimum atomic E-state index is 0.338. The highest BCUT2D eigenvalue weighted by Gasteiger charge is 2.20. The second-order valence-electron chi connectivity index (χ2n) is 3.69. The predicted molar refractivity (Wildman–Crippen MR) is 50.7 cm³/mol. The molecule has 1 aliphatic carbocycles. The van der Waals surface area contributed by atoms with Crippen molar-refractivity contribution in [3.8, 4) is 0 Å². The number of aliphatic hydroxyl groups is 1. The molecule has 1 fully saturated rings. The number of hydrogen-bond donors (Lipinski definition) is 1. The molecule has 1 aliphatic rings. The molecule has 3 nitrogen and oxygen atoms in total. The molecule has 78 valence electrons. The average Bonchev–Trinajstić information content (AvgIpc) is 2.19. The van der Waals surface area contributed by atoms with Gasteiger partial charge < -0.3 is 14.6 Å². The predicted octanol–water partition coefficient (Wildman–Crippen LogP) is 1.20. The van der Waals surface area contributed by atoms with E-state index in [0.29, 0.717) is 31.8 Å². The smallest absolute Gasteiger partial charge is 0.0704 e. The highest BCUT2D eigenvalue weighted by Crippen LogP contribution is 2.25. The highest BCUT2D eigenvalue weighted by atomic mass is 16.5. The van der Waals surface area contributed by atoms with Crippen LogP contribution < -0.4 is 0 Å². The van der Waals surface area contributed by atoms with E-state index in [4.69, 9.17) is 14.6 Å². The standard InChI is InChI=1S/C10H20O3/c1-12-6-7-13-10-4-2-9(8-11)3-5-10/h9-11H,2-8H2,1H3. The summed E-state index contributed by atoms with van der Waals surface area (Å²) in [6.45, 7) is 1.72. The molecule has 0 atom stereocenters. The van der Waals surface area contributed by atoms with Crippen LogP contribution in [0, 0.1) is 5.92 Å². The van der Waals surface area contributed by atoms with Gasteiger partial charge in [-0.2, -0.15) is 0 Å². The summed E-state index contributed by atoms with van der Waals surface area (Å²) in [7, 11) is 1.69. The van der Waals surface area contributed by atoms with Gasteiger partial charge in [0.25, 0.3) is 0 Å². The molecule has 13 heavy (non-hydrogen) atoms. The van der Waals surface area contributed by atoms with Crippen LogP contribution in [0.4, 0.5) is 0 Å². The second kappa shape index (κ2) is 6.35. The molecule has 1 saturated carbocycles. The van der Waals surface area contributed by atoms with Crippen LogP contribution in [-0.4, -0.2) is 38.1 Å². The number of hydrogen-bond acceptors (Lipinski definition) is 3. The van der Waals surface area contributed by atoms with Crippen LogP contribution in [0.1, 0.15) is 25.7 Å². The van der Waals surface area contributed by atoms with Crippen molar-refractivity contribution < 1.29 is 14.6 Å². The van der Waals surface area contributed by atoms with E-state index in [-0.39, 0.29) is 0 Å². The van der Waals surface area contributed by atoms with Crippen LogP contribution in [-0.2, 0) is 9.47 Å². The lowest BCUT2D eigenvalue weighted by atomic mass is 9.88. The third-order valence-corrected chi connectivity index (χ3v) is 2.69. The lowest BCUT2D eigenvalue weighted by molar-refractivity contribution is -0.0117. The van der Waals surface area contributed by atoms with E-state index in [0.717, 1.165) is 25.7 Å². The average molecular weight is 188 g/mol. The summed E-state index contributed by atoms with van der Waals surface area (Å²) < 4.78 is 10.5. The maximum Gasteiger partial charge on any atom is 0.0704 e. The minimum Gasteiger partial charge on any atom is -0.396 e. The SMILES string of the molecule is COCCOC1CCC(CO)CC1. The molecule has 0 aromatic rings. The van der Waals surface area contributed by atoms with Gasteiger partial charge in [-0.05, 0) is 31.6 Å². The molecule has 1 N–H and O–H groups in total. The first-order chi connectivity index (χ1) is 6.36. The maximum absolute atomic E-state index is 8.93. The van der Waals surface area contributed by atoms with Gasteiger partial charge in [-0.1, -0.05) is 0 Å². The van der Waals surface area contributed by atoms with E-state index in [1.807, 2.05) is 0 Å². The third-order valence-electron chi connectivity index (χ3n) is 2.69.